The van der Waals surface area contributed by atoms with Crippen molar-refractivity contribution in [2.24, 2.45) is 0 Å². The first-order chi connectivity index (χ1) is 13.9. The Morgan fingerprint density at radius 2 is 2.14 bits per heavy atom. The summed E-state index contributed by atoms with van der Waals surface area (Å²) in [6.45, 7) is -0.142. The average molecular weight is 420 g/mol. The molecule has 3 N–H and O–H groups in total. The maximum absolute atomic E-state index is 12.6. The predicted molar refractivity (Wildman–Crippen MR) is 104 cm³/mol. The zero-order valence-corrected chi connectivity index (χ0v) is 16.2. The molecule has 1 aliphatic rings. The van der Waals surface area contributed by atoms with Crippen molar-refractivity contribution < 1.29 is 28.6 Å². The third kappa shape index (κ3) is 4.41. The molecule has 2 amide bonds. The van der Waals surface area contributed by atoms with Crippen LogP contribution in [0.4, 0.5) is 11.4 Å². The maximum Gasteiger partial charge on any atom is 0.337 e. The number of aliphatic hydroxyl groups excluding tert-OH is 1. The van der Waals surface area contributed by atoms with Crippen LogP contribution in [0.2, 0.25) is 5.02 Å². The van der Waals surface area contributed by atoms with Crippen LogP contribution >= 0.6 is 11.6 Å². The van der Waals surface area contributed by atoms with Crippen LogP contribution in [0.1, 0.15) is 10.6 Å². The first-order valence-electron chi connectivity index (χ1n) is 8.57. The fraction of sp³-hybridized carbons (Fsp3) is 0.211. The highest BCUT2D eigenvalue weighted by molar-refractivity contribution is 6.34. The highest BCUT2D eigenvalue weighted by Gasteiger charge is 2.34. The molecule has 1 aromatic carbocycles. The van der Waals surface area contributed by atoms with Gasteiger partial charge >= 0.3 is 5.97 Å². The van der Waals surface area contributed by atoms with E-state index in [1.807, 2.05) is 0 Å². The molecule has 152 valence electrons. The highest BCUT2D eigenvalue weighted by atomic mass is 35.5. The third-order valence-corrected chi connectivity index (χ3v) is 4.51. The molecule has 0 radical (unpaired) electrons. The molecule has 2 aromatic rings. The summed E-state index contributed by atoms with van der Waals surface area (Å²) in [5.74, 6) is -1.48. The number of hydrogen-bond donors (Lipinski definition) is 3. The minimum Gasteiger partial charge on any atom is -0.466 e. The van der Waals surface area contributed by atoms with Gasteiger partial charge in [0, 0.05) is 12.2 Å². The number of carbonyl (C=O) groups excluding carboxylic acids is 3. The van der Waals surface area contributed by atoms with Crippen LogP contribution < -0.4 is 10.6 Å². The molecule has 29 heavy (non-hydrogen) atoms. The maximum atomic E-state index is 12.6. The van der Waals surface area contributed by atoms with Gasteiger partial charge in [0.2, 0.25) is 0 Å². The largest absolute Gasteiger partial charge is 0.466 e. The van der Waals surface area contributed by atoms with E-state index in [0.29, 0.717) is 5.69 Å². The number of ether oxygens (including phenoxy) is 1. The number of benzene rings is 1. The lowest BCUT2D eigenvalue weighted by Crippen LogP contribution is -2.31. The molecule has 10 heteroatoms. The molecule has 0 aliphatic carbocycles. The molecule has 0 saturated carbocycles. The van der Waals surface area contributed by atoms with Crippen LogP contribution in [-0.4, -0.2) is 54.6 Å². The summed E-state index contributed by atoms with van der Waals surface area (Å²) in [4.78, 5) is 38.2. The van der Waals surface area contributed by atoms with Crippen LogP contribution in [0.25, 0.3) is 0 Å². The summed E-state index contributed by atoms with van der Waals surface area (Å²) in [5, 5.41) is 14.9. The average Bonchev–Trinajstić information content (AvgIpc) is 3.35. The topological polar surface area (TPSA) is 121 Å². The molecule has 1 aromatic heterocycles. The van der Waals surface area contributed by atoms with Gasteiger partial charge in [-0.3, -0.25) is 9.59 Å². The Labute approximate surface area is 170 Å². The second-order valence-electron chi connectivity index (χ2n) is 6.05. The summed E-state index contributed by atoms with van der Waals surface area (Å²) >= 11 is 6.15. The molecular weight excluding hydrogens is 402 g/mol. The SMILES string of the molecule is COC(=O)C1=C(Nc2ccc(Cl)c(NC(=O)c3ccco3)c2)C(=O)N(CCO)C1. The molecule has 2 heterocycles. The zero-order valence-electron chi connectivity index (χ0n) is 15.4. The van der Waals surface area contributed by atoms with Crippen molar-refractivity contribution >= 4 is 40.8 Å². The van der Waals surface area contributed by atoms with Crippen molar-refractivity contribution in [3.05, 3.63) is 58.6 Å². The standard InChI is InChI=1S/C19H18ClN3O6/c1-28-19(27)12-10-23(6-7-24)18(26)16(12)21-11-4-5-13(20)14(9-11)22-17(25)15-3-2-8-29-15/h2-5,8-9,21,24H,6-7,10H2,1H3,(H,22,25). The van der Waals surface area contributed by atoms with Crippen LogP contribution in [0.5, 0.6) is 0 Å². The quantitative estimate of drug-likeness (QED) is 0.585. The lowest BCUT2D eigenvalue weighted by atomic mass is 10.2. The Kier molecular flexibility index (Phi) is 6.20. The van der Waals surface area contributed by atoms with Crippen molar-refractivity contribution in [3.8, 4) is 0 Å². The van der Waals surface area contributed by atoms with Gasteiger partial charge in [0.05, 0.1) is 42.8 Å². The number of nitrogens with one attached hydrogen (secondary N) is 2. The number of hydrogen-bond acceptors (Lipinski definition) is 7. The second-order valence-corrected chi connectivity index (χ2v) is 6.45. The van der Waals surface area contributed by atoms with Crippen molar-refractivity contribution in [3.63, 3.8) is 0 Å². The van der Waals surface area contributed by atoms with E-state index in [-0.39, 0.29) is 47.4 Å². The molecule has 3 rings (SSSR count). The number of esters is 1. The van der Waals surface area contributed by atoms with Crippen LogP contribution in [0, 0.1) is 0 Å². The monoisotopic (exact) mass is 419 g/mol. The summed E-state index contributed by atoms with van der Waals surface area (Å²) in [5.41, 5.74) is 0.883. The molecule has 0 unspecified atom stereocenters. The summed E-state index contributed by atoms with van der Waals surface area (Å²) in [6, 6.07) is 7.73. The van der Waals surface area contributed by atoms with Gasteiger partial charge in [0.1, 0.15) is 5.70 Å². The van der Waals surface area contributed by atoms with E-state index in [1.54, 1.807) is 12.1 Å². The molecule has 0 saturated heterocycles. The van der Waals surface area contributed by atoms with E-state index in [2.05, 4.69) is 10.6 Å². The summed E-state index contributed by atoms with van der Waals surface area (Å²) in [6.07, 6.45) is 1.37. The third-order valence-electron chi connectivity index (χ3n) is 4.18. The second kappa shape index (κ2) is 8.80. The number of aliphatic hydroxyl groups is 1. The van der Waals surface area contributed by atoms with Gasteiger partial charge in [-0.1, -0.05) is 11.6 Å². The normalized spacial score (nSPS) is 13.6. The van der Waals surface area contributed by atoms with Crippen LogP contribution in [0.15, 0.2) is 52.3 Å². The fourth-order valence-electron chi connectivity index (χ4n) is 2.78. The molecule has 1 aliphatic heterocycles. The summed E-state index contributed by atoms with van der Waals surface area (Å²) < 4.78 is 9.79. The molecule has 0 spiro atoms. The van der Waals surface area contributed by atoms with Crippen molar-refractivity contribution in [1.82, 2.24) is 4.90 Å². The molecule has 0 atom stereocenters. The minimum atomic E-state index is -0.651. The van der Waals surface area contributed by atoms with Gasteiger partial charge < -0.3 is 29.8 Å². The number of amides is 2. The zero-order chi connectivity index (χ0) is 21.0. The number of nitrogens with zero attached hydrogens (tertiary/aromatic N) is 1. The predicted octanol–water partition coefficient (Wildman–Crippen LogP) is 1.86. The Bertz CT molecular complexity index is 970. The van der Waals surface area contributed by atoms with E-state index >= 15 is 0 Å². The first-order valence-corrected chi connectivity index (χ1v) is 8.95. The molecule has 0 fully saturated rings. The van der Waals surface area contributed by atoms with E-state index < -0.39 is 17.8 Å². The van der Waals surface area contributed by atoms with Gasteiger partial charge in [-0.15, -0.1) is 0 Å². The van der Waals surface area contributed by atoms with Crippen molar-refractivity contribution in [2.45, 2.75) is 0 Å². The number of rotatable bonds is 7. The van der Waals surface area contributed by atoms with Gasteiger partial charge in [-0.05, 0) is 30.3 Å². The van der Waals surface area contributed by atoms with Crippen LogP contribution in [0.3, 0.4) is 0 Å². The van der Waals surface area contributed by atoms with E-state index in [9.17, 15) is 14.4 Å². The van der Waals surface area contributed by atoms with Crippen molar-refractivity contribution in [2.75, 3.05) is 37.4 Å². The number of furan rings is 1. The Morgan fingerprint density at radius 3 is 2.79 bits per heavy atom. The van der Waals surface area contributed by atoms with Gasteiger partial charge in [-0.25, -0.2) is 4.79 Å². The Balaban J connectivity index is 1.85. The number of carbonyl (C=O) groups is 3. The van der Waals surface area contributed by atoms with E-state index in [0.717, 1.165) is 0 Å². The first kappa shape index (κ1) is 20.4. The number of anilines is 2. The lowest BCUT2D eigenvalue weighted by Gasteiger charge is -2.15. The number of β-amino-alcohol motifs (C(OH)–C–C–N with tert-alkyl or cyclic N) is 1. The Hall–Kier alpha value is -3.30. The summed E-state index contributed by atoms with van der Waals surface area (Å²) in [7, 11) is 1.22. The van der Waals surface area contributed by atoms with Gasteiger partial charge in [0.15, 0.2) is 5.76 Å². The van der Waals surface area contributed by atoms with E-state index in [1.165, 1.54) is 36.5 Å². The fourth-order valence-corrected chi connectivity index (χ4v) is 2.95. The van der Waals surface area contributed by atoms with Crippen LogP contribution in [-0.2, 0) is 14.3 Å². The molecule has 9 nitrogen and oxygen atoms in total. The lowest BCUT2D eigenvalue weighted by molar-refractivity contribution is -0.136. The highest BCUT2D eigenvalue weighted by Crippen LogP contribution is 2.29. The van der Waals surface area contributed by atoms with E-state index in [4.69, 9.17) is 25.9 Å². The van der Waals surface area contributed by atoms with Crippen molar-refractivity contribution in [1.29, 1.82) is 0 Å². The smallest absolute Gasteiger partial charge is 0.337 e. The minimum absolute atomic E-state index is 0.0179. The van der Waals surface area contributed by atoms with Gasteiger partial charge in [0.25, 0.3) is 11.8 Å². The molecule has 0 bridgehead atoms. The van der Waals surface area contributed by atoms with Gasteiger partial charge in [-0.2, -0.15) is 0 Å². The molecular formula is C19H18ClN3O6. The number of halogens is 1. The number of methoxy groups -OCH3 is 1. The Morgan fingerprint density at radius 1 is 1.34 bits per heavy atom.